The third kappa shape index (κ3) is 14.5. The van der Waals surface area contributed by atoms with Crippen LogP contribution in [0.5, 0.6) is 0 Å². The van der Waals surface area contributed by atoms with Crippen LogP contribution in [0.25, 0.3) is 0 Å². The van der Waals surface area contributed by atoms with E-state index in [-0.39, 0.29) is 12.8 Å². The molecule has 0 heterocycles. The number of rotatable bonds is 11. The number of carboxylic acid groups (broad SMARTS) is 2. The second-order valence-corrected chi connectivity index (χ2v) is 6.15. The largest absolute Gasteiger partial charge is 0.550 e. The molecule has 0 bridgehead atoms. The number of nitrogens with zero attached hydrogens (tertiary/aromatic N) is 1. The molecule has 1 unspecified atom stereocenters. The summed E-state index contributed by atoms with van der Waals surface area (Å²) in [6.07, 6.45) is 6.14. The molecular formula is C16H25NO6. The minimum atomic E-state index is -1.25. The van der Waals surface area contributed by atoms with E-state index in [1.54, 1.807) is 12.2 Å². The van der Waals surface area contributed by atoms with Gasteiger partial charge >= 0.3 is 11.9 Å². The molecule has 0 aromatic carbocycles. The molecule has 0 aromatic rings. The zero-order valence-electron chi connectivity index (χ0n) is 13.9. The van der Waals surface area contributed by atoms with Gasteiger partial charge < -0.3 is 24.2 Å². The summed E-state index contributed by atoms with van der Waals surface area (Å²) in [5.41, 5.74) is 0. The van der Waals surface area contributed by atoms with Gasteiger partial charge in [0.05, 0.1) is 27.6 Å². The van der Waals surface area contributed by atoms with Crippen LogP contribution in [0.1, 0.15) is 25.7 Å². The van der Waals surface area contributed by atoms with Gasteiger partial charge in [-0.15, -0.1) is 0 Å². The number of esters is 1. The Morgan fingerprint density at radius 1 is 1.13 bits per heavy atom. The molecule has 130 valence electrons. The zero-order chi connectivity index (χ0) is 17.9. The molecule has 7 heteroatoms. The third-order valence-corrected chi connectivity index (χ3v) is 2.66. The van der Waals surface area contributed by atoms with Crippen molar-refractivity contribution in [3.05, 3.63) is 24.3 Å². The Bertz CT molecular complexity index is 462. The summed E-state index contributed by atoms with van der Waals surface area (Å²) in [7, 11) is 5.63. The number of quaternary nitrogens is 1. The average molecular weight is 327 g/mol. The van der Waals surface area contributed by atoms with Crippen LogP contribution in [0, 0.1) is 0 Å². The molecule has 0 saturated heterocycles. The van der Waals surface area contributed by atoms with E-state index in [4.69, 9.17) is 9.84 Å². The van der Waals surface area contributed by atoms with Gasteiger partial charge in [-0.25, -0.2) is 4.79 Å². The van der Waals surface area contributed by atoms with Crippen molar-refractivity contribution in [2.24, 2.45) is 0 Å². The molecule has 0 fully saturated rings. The highest BCUT2D eigenvalue weighted by Gasteiger charge is 2.21. The number of hydrogen-bond donors (Lipinski definition) is 1. The van der Waals surface area contributed by atoms with E-state index in [2.05, 4.69) is 0 Å². The van der Waals surface area contributed by atoms with Gasteiger partial charge in [0, 0.05) is 18.5 Å². The van der Waals surface area contributed by atoms with Crippen LogP contribution >= 0.6 is 0 Å². The van der Waals surface area contributed by atoms with Crippen LogP contribution < -0.4 is 5.11 Å². The Morgan fingerprint density at radius 2 is 1.74 bits per heavy atom. The first-order valence-electron chi connectivity index (χ1n) is 7.34. The van der Waals surface area contributed by atoms with Crippen molar-refractivity contribution >= 4 is 17.9 Å². The van der Waals surface area contributed by atoms with E-state index in [1.165, 1.54) is 6.08 Å². The van der Waals surface area contributed by atoms with E-state index >= 15 is 0 Å². The predicted molar refractivity (Wildman–Crippen MR) is 82.2 cm³/mol. The minimum Gasteiger partial charge on any atom is -0.550 e. The lowest BCUT2D eigenvalue weighted by atomic mass is 10.2. The smallest absolute Gasteiger partial charge is 0.327 e. The van der Waals surface area contributed by atoms with Crippen LogP contribution in [-0.4, -0.2) is 61.3 Å². The summed E-state index contributed by atoms with van der Waals surface area (Å²) < 4.78 is 5.65. The number of ether oxygens (including phenoxy) is 1. The molecule has 0 rings (SSSR count). The van der Waals surface area contributed by atoms with Gasteiger partial charge in [0.1, 0.15) is 6.54 Å². The maximum atomic E-state index is 11.7. The van der Waals surface area contributed by atoms with Gasteiger partial charge in [-0.2, -0.15) is 0 Å². The van der Waals surface area contributed by atoms with Crippen molar-refractivity contribution < 1.29 is 33.8 Å². The zero-order valence-corrected chi connectivity index (χ0v) is 13.9. The summed E-state index contributed by atoms with van der Waals surface area (Å²) in [6, 6.07) is 0. The average Bonchev–Trinajstić information content (AvgIpc) is 2.34. The first-order chi connectivity index (χ1) is 10.6. The Hall–Kier alpha value is -2.15. The lowest BCUT2D eigenvalue weighted by molar-refractivity contribution is -0.873. The van der Waals surface area contributed by atoms with Crippen LogP contribution in [0.2, 0.25) is 0 Å². The monoisotopic (exact) mass is 327 g/mol. The number of carbonyl (C=O) groups is 3. The molecule has 1 N–H and O–H groups in total. The normalized spacial score (nSPS) is 13.3. The predicted octanol–water partition coefficient (Wildman–Crippen LogP) is 0.112. The Morgan fingerprint density at radius 3 is 2.26 bits per heavy atom. The van der Waals surface area contributed by atoms with Crippen LogP contribution in [-0.2, 0) is 19.1 Å². The number of aliphatic carboxylic acids is 2. The number of likely N-dealkylation sites (N-methyl/N-ethyl adjacent to an activating group) is 1. The van der Waals surface area contributed by atoms with Gasteiger partial charge in [-0.3, -0.25) is 4.79 Å². The van der Waals surface area contributed by atoms with Crippen LogP contribution in [0.15, 0.2) is 24.3 Å². The molecule has 0 radical (unpaired) electrons. The third-order valence-electron chi connectivity index (χ3n) is 2.66. The van der Waals surface area contributed by atoms with Crippen molar-refractivity contribution in [2.75, 3.05) is 27.7 Å². The second kappa shape index (κ2) is 10.6. The molecule has 7 nitrogen and oxygen atoms in total. The van der Waals surface area contributed by atoms with Gasteiger partial charge in [0.2, 0.25) is 0 Å². The van der Waals surface area contributed by atoms with Crippen LogP contribution in [0.3, 0.4) is 0 Å². The molecule has 0 spiro atoms. The van der Waals surface area contributed by atoms with E-state index in [0.717, 1.165) is 6.08 Å². The maximum Gasteiger partial charge on any atom is 0.327 e. The van der Waals surface area contributed by atoms with Gasteiger partial charge in [-0.1, -0.05) is 18.2 Å². The first-order valence-corrected chi connectivity index (χ1v) is 7.34. The maximum absolute atomic E-state index is 11.7. The fourth-order valence-electron chi connectivity index (χ4n) is 1.85. The van der Waals surface area contributed by atoms with Crippen molar-refractivity contribution in [1.82, 2.24) is 0 Å². The summed E-state index contributed by atoms with van der Waals surface area (Å²) in [4.78, 5) is 32.7. The number of carboxylic acids is 2. The Labute approximate surface area is 136 Å². The summed E-state index contributed by atoms with van der Waals surface area (Å²) in [6.45, 7) is 0.378. The molecule has 0 amide bonds. The minimum absolute atomic E-state index is 0.0450. The fourth-order valence-corrected chi connectivity index (χ4v) is 1.85. The van der Waals surface area contributed by atoms with Crippen molar-refractivity contribution in [1.29, 1.82) is 0 Å². The molecule has 0 aliphatic rings. The highest BCUT2D eigenvalue weighted by molar-refractivity contribution is 5.79. The second-order valence-electron chi connectivity index (χ2n) is 6.15. The summed E-state index contributed by atoms with van der Waals surface area (Å²) in [5, 5.41) is 19.1. The number of unbranched alkanes of at least 4 members (excludes halogenated alkanes) is 1. The van der Waals surface area contributed by atoms with Crippen molar-refractivity contribution in [3.63, 3.8) is 0 Å². The van der Waals surface area contributed by atoms with E-state index in [1.807, 2.05) is 21.1 Å². The number of allylic oxidation sites excluding steroid dienone is 2. The van der Waals surface area contributed by atoms with Crippen molar-refractivity contribution in [2.45, 2.75) is 31.8 Å². The van der Waals surface area contributed by atoms with Crippen molar-refractivity contribution in [3.8, 4) is 0 Å². The SMILES string of the molecule is C[N+](C)(C)CC(CC(=O)[O-])OC(=O)C/C=C/CC/C=C/C(=O)O. The quantitative estimate of drug-likeness (QED) is 0.190. The fraction of sp³-hybridized carbons (Fsp3) is 0.562. The summed E-state index contributed by atoms with van der Waals surface area (Å²) in [5.74, 6) is -2.74. The van der Waals surface area contributed by atoms with Gasteiger partial charge in [0.15, 0.2) is 6.10 Å². The Kier molecular flexibility index (Phi) is 9.57. The van der Waals surface area contributed by atoms with Gasteiger partial charge in [-0.05, 0) is 12.8 Å². The van der Waals surface area contributed by atoms with Gasteiger partial charge in [0.25, 0.3) is 0 Å². The number of hydrogen-bond acceptors (Lipinski definition) is 5. The lowest BCUT2D eigenvalue weighted by Crippen LogP contribution is -2.45. The topological polar surface area (TPSA) is 104 Å². The first kappa shape index (κ1) is 20.9. The molecule has 0 aromatic heterocycles. The molecule has 0 saturated carbocycles. The van der Waals surface area contributed by atoms with Crippen LogP contribution in [0.4, 0.5) is 0 Å². The standard InChI is InChI=1S/C16H25NO6/c1-17(2,3)12-13(11-15(20)21)23-16(22)10-8-6-4-5-7-9-14(18)19/h6-9,13H,4-5,10-12H2,1-3H3,(H-,18,19,20,21)/b8-6+,9-7+. The van der Waals surface area contributed by atoms with E-state index in [9.17, 15) is 19.5 Å². The lowest BCUT2D eigenvalue weighted by Gasteiger charge is -2.29. The highest BCUT2D eigenvalue weighted by Crippen LogP contribution is 2.06. The molecule has 23 heavy (non-hydrogen) atoms. The molecule has 1 atom stereocenters. The number of carbonyl (C=O) groups excluding carboxylic acids is 2. The molecular weight excluding hydrogens is 302 g/mol. The highest BCUT2D eigenvalue weighted by atomic mass is 16.5. The molecule has 0 aliphatic carbocycles. The molecule has 0 aliphatic heterocycles. The Balaban J connectivity index is 4.21. The van der Waals surface area contributed by atoms with E-state index in [0.29, 0.717) is 23.9 Å². The summed E-state index contributed by atoms with van der Waals surface area (Å²) >= 11 is 0. The van der Waals surface area contributed by atoms with E-state index < -0.39 is 24.0 Å².